The topological polar surface area (TPSA) is 97.9 Å². The predicted molar refractivity (Wildman–Crippen MR) is 121 cm³/mol. The van der Waals surface area contributed by atoms with Crippen LogP contribution in [0.2, 0.25) is 5.02 Å². The monoisotopic (exact) mass is 478 g/mol. The third-order valence-corrected chi connectivity index (χ3v) is 7.30. The molecular formula is C22H23ClN2O6S. The maximum atomic E-state index is 13.4. The van der Waals surface area contributed by atoms with Crippen LogP contribution < -0.4 is 10.3 Å². The number of methoxy groups -OCH3 is 1. The second-order valence-corrected chi connectivity index (χ2v) is 9.77. The van der Waals surface area contributed by atoms with E-state index in [1.165, 1.54) is 28.6 Å². The molecule has 2 aromatic carbocycles. The Morgan fingerprint density at radius 2 is 1.94 bits per heavy atom. The van der Waals surface area contributed by atoms with Gasteiger partial charge in [0.05, 0.1) is 43.4 Å². The standard InChI is InChI=1S/C22H23ClN2O6S/c1-29-18-5-2-15-10-16(22(26)24-21(15)11-18)12-25(13-19-14-30-8-9-31-19)32(27,28)20-6-3-17(23)4-7-20/h2-7,10-11,19H,8-9,12-14H2,1H3,(H,24,26)/t19-/m0/s1. The van der Waals surface area contributed by atoms with Gasteiger partial charge < -0.3 is 19.2 Å². The van der Waals surface area contributed by atoms with E-state index in [0.717, 1.165) is 5.39 Å². The number of fused-ring (bicyclic) bond motifs is 1. The van der Waals surface area contributed by atoms with Crippen molar-refractivity contribution < 1.29 is 22.6 Å². The molecule has 0 bridgehead atoms. The smallest absolute Gasteiger partial charge is 0.252 e. The largest absolute Gasteiger partial charge is 0.497 e. The first-order chi connectivity index (χ1) is 15.4. The zero-order valence-corrected chi connectivity index (χ0v) is 19.0. The molecule has 32 heavy (non-hydrogen) atoms. The number of benzene rings is 2. The van der Waals surface area contributed by atoms with Crippen molar-refractivity contribution in [2.75, 3.05) is 33.5 Å². The van der Waals surface area contributed by atoms with Crippen molar-refractivity contribution in [3.8, 4) is 5.75 Å². The first-order valence-corrected chi connectivity index (χ1v) is 11.8. The molecular weight excluding hydrogens is 456 g/mol. The van der Waals surface area contributed by atoms with E-state index in [0.29, 0.717) is 35.1 Å². The fourth-order valence-corrected chi connectivity index (χ4v) is 5.11. The first-order valence-electron chi connectivity index (χ1n) is 10.0. The molecule has 1 saturated heterocycles. The van der Waals surface area contributed by atoms with Crippen LogP contribution in [-0.4, -0.2) is 57.3 Å². The lowest BCUT2D eigenvalue weighted by Crippen LogP contribution is -2.43. The second-order valence-electron chi connectivity index (χ2n) is 7.40. The molecule has 0 amide bonds. The second kappa shape index (κ2) is 9.60. The van der Waals surface area contributed by atoms with Crippen LogP contribution in [0.15, 0.2) is 58.2 Å². The van der Waals surface area contributed by atoms with Gasteiger partial charge in [-0.05, 0) is 47.9 Å². The minimum Gasteiger partial charge on any atom is -0.497 e. The molecule has 0 spiro atoms. The highest BCUT2D eigenvalue weighted by Crippen LogP contribution is 2.23. The minimum absolute atomic E-state index is 0.0467. The third kappa shape index (κ3) is 4.97. The molecule has 170 valence electrons. The van der Waals surface area contributed by atoms with Gasteiger partial charge in [-0.1, -0.05) is 11.6 Å². The van der Waals surface area contributed by atoms with Gasteiger partial charge in [0.2, 0.25) is 10.0 Å². The number of aromatic amines is 1. The Morgan fingerprint density at radius 1 is 1.16 bits per heavy atom. The van der Waals surface area contributed by atoms with Crippen LogP contribution in [-0.2, 0) is 26.0 Å². The van der Waals surface area contributed by atoms with Gasteiger partial charge in [-0.25, -0.2) is 8.42 Å². The molecule has 10 heteroatoms. The summed E-state index contributed by atoms with van der Waals surface area (Å²) in [6.07, 6.45) is -0.436. The van der Waals surface area contributed by atoms with Crippen molar-refractivity contribution in [3.63, 3.8) is 0 Å². The minimum atomic E-state index is -3.93. The van der Waals surface area contributed by atoms with Crippen LogP contribution in [0.4, 0.5) is 0 Å². The summed E-state index contributed by atoms with van der Waals surface area (Å²) in [4.78, 5) is 15.7. The van der Waals surface area contributed by atoms with E-state index in [1.807, 2.05) is 6.07 Å². The van der Waals surface area contributed by atoms with E-state index in [9.17, 15) is 13.2 Å². The van der Waals surface area contributed by atoms with Crippen molar-refractivity contribution >= 4 is 32.5 Å². The van der Waals surface area contributed by atoms with E-state index >= 15 is 0 Å². The fourth-order valence-electron chi connectivity index (χ4n) is 3.53. The number of halogens is 1. The molecule has 2 heterocycles. The number of ether oxygens (including phenoxy) is 3. The van der Waals surface area contributed by atoms with Crippen molar-refractivity contribution in [2.45, 2.75) is 17.5 Å². The molecule has 0 aliphatic carbocycles. The van der Waals surface area contributed by atoms with E-state index in [-0.39, 0.29) is 30.2 Å². The number of hydrogen-bond acceptors (Lipinski definition) is 6. The number of hydrogen-bond donors (Lipinski definition) is 1. The molecule has 0 radical (unpaired) electrons. The molecule has 1 atom stereocenters. The maximum absolute atomic E-state index is 13.4. The molecule has 4 rings (SSSR count). The molecule has 1 aliphatic rings. The predicted octanol–water partition coefficient (Wildman–Crippen LogP) is 2.80. The number of aromatic nitrogens is 1. The highest BCUT2D eigenvalue weighted by Gasteiger charge is 2.29. The van der Waals surface area contributed by atoms with Gasteiger partial charge in [0.25, 0.3) is 5.56 Å². The highest BCUT2D eigenvalue weighted by atomic mass is 35.5. The van der Waals surface area contributed by atoms with Crippen molar-refractivity contribution in [3.05, 3.63) is 69.5 Å². The number of nitrogens with zero attached hydrogens (tertiary/aromatic N) is 1. The van der Waals surface area contributed by atoms with Gasteiger partial charge in [-0.3, -0.25) is 4.79 Å². The van der Waals surface area contributed by atoms with E-state index < -0.39 is 16.1 Å². The Balaban J connectivity index is 1.70. The van der Waals surface area contributed by atoms with Crippen molar-refractivity contribution in [1.82, 2.24) is 9.29 Å². The number of pyridine rings is 1. The number of rotatable bonds is 7. The summed E-state index contributed by atoms with van der Waals surface area (Å²) in [6.45, 7) is 1.06. The van der Waals surface area contributed by atoms with Crippen molar-refractivity contribution in [1.29, 1.82) is 0 Å². The van der Waals surface area contributed by atoms with E-state index in [2.05, 4.69) is 4.98 Å². The highest BCUT2D eigenvalue weighted by molar-refractivity contribution is 7.89. The van der Waals surface area contributed by atoms with Gasteiger partial charge >= 0.3 is 0 Å². The summed E-state index contributed by atoms with van der Waals surface area (Å²) in [5, 5.41) is 1.20. The van der Waals surface area contributed by atoms with Crippen LogP contribution in [0, 0.1) is 0 Å². The van der Waals surface area contributed by atoms with Crippen molar-refractivity contribution in [2.24, 2.45) is 0 Å². The van der Waals surface area contributed by atoms with Crippen LogP contribution >= 0.6 is 11.6 Å². The molecule has 1 aromatic heterocycles. The molecule has 1 N–H and O–H groups in total. The lowest BCUT2D eigenvalue weighted by molar-refractivity contribution is -0.0923. The lowest BCUT2D eigenvalue weighted by atomic mass is 10.1. The summed E-state index contributed by atoms with van der Waals surface area (Å²) in [7, 11) is -2.38. The van der Waals surface area contributed by atoms with Gasteiger partial charge in [-0.15, -0.1) is 0 Å². The Labute approximate surface area is 190 Å². The molecule has 8 nitrogen and oxygen atoms in total. The zero-order valence-electron chi connectivity index (χ0n) is 17.4. The Hall–Kier alpha value is -2.43. The normalized spacial score (nSPS) is 17.0. The first kappa shape index (κ1) is 22.8. The Bertz CT molecular complexity index is 1250. The van der Waals surface area contributed by atoms with Crippen LogP contribution in [0.3, 0.4) is 0 Å². The maximum Gasteiger partial charge on any atom is 0.252 e. The van der Waals surface area contributed by atoms with E-state index in [4.69, 9.17) is 25.8 Å². The Kier molecular flexibility index (Phi) is 6.82. The summed E-state index contributed by atoms with van der Waals surface area (Å²) >= 11 is 5.93. The summed E-state index contributed by atoms with van der Waals surface area (Å²) in [6, 6.07) is 12.9. The summed E-state index contributed by atoms with van der Waals surface area (Å²) in [5.41, 5.74) is 0.550. The third-order valence-electron chi connectivity index (χ3n) is 5.22. The number of nitrogens with one attached hydrogen (secondary N) is 1. The average molecular weight is 479 g/mol. The number of sulfonamides is 1. The molecule has 0 saturated carbocycles. The van der Waals surface area contributed by atoms with Crippen LogP contribution in [0.1, 0.15) is 5.56 Å². The fraction of sp³-hybridized carbons (Fsp3) is 0.318. The van der Waals surface area contributed by atoms with Crippen LogP contribution in [0.5, 0.6) is 5.75 Å². The zero-order chi connectivity index (χ0) is 22.7. The molecule has 1 aliphatic heterocycles. The quantitative estimate of drug-likeness (QED) is 0.560. The van der Waals surface area contributed by atoms with Gasteiger partial charge in [0, 0.05) is 29.7 Å². The van der Waals surface area contributed by atoms with E-state index in [1.54, 1.807) is 25.3 Å². The molecule has 3 aromatic rings. The van der Waals surface area contributed by atoms with Gasteiger partial charge in [0.1, 0.15) is 5.75 Å². The van der Waals surface area contributed by atoms with Gasteiger partial charge in [0.15, 0.2) is 0 Å². The SMILES string of the molecule is COc1ccc2cc(CN(C[C@H]3COCCO3)S(=O)(=O)c3ccc(Cl)cc3)c(=O)[nH]c2c1. The average Bonchev–Trinajstić information content (AvgIpc) is 2.79. The van der Waals surface area contributed by atoms with Gasteiger partial charge in [-0.2, -0.15) is 4.31 Å². The Morgan fingerprint density at radius 3 is 2.62 bits per heavy atom. The summed E-state index contributed by atoms with van der Waals surface area (Å²) < 4.78 is 44.4. The molecule has 1 fully saturated rings. The lowest BCUT2D eigenvalue weighted by Gasteiger charge is -2.29. The number of H-pyrrole nitrogens is 1. The summed E-state index contributed by atoms with van der Waals surface area (Å²) in [5.74, 6) is 0.613. The molecule has 0 unspecified atom stereocenters. The van der Waals surface area contributed by atoms with Crippen LogP contribution in [0.25, 0.3) is 10.9 Å².